The Morgan fingerprint density at radius 2 is 1.93 bits per heavy atom. The predicted molar refractivity (Wildman–Crippen MR) is 60.1 cm³/mol. The molecule has 1 heterocycles. The molecule has 0 aliphatic carbocycles. The summed E-state index contributed by atoms with van der Waals surface area (Å²) in [6.07, 6.45) is -0.413. The first-order valence-electron chi connectivity index (χ1n) is 5.38. The number of morpholine rings is 1. The molecule has 0 aromatic heterocycles. The molecule has 3 nitrogen and oxygen atoms in total. The Morgan fingerprint density at radius 3 is 2.60 bits per heavy atom. The molecular weight excluding hydrogens is 190 g/mol. The molecule has 0 radical (unpaired) electrons. The third-order valence-electron chi connectivity index (χ3n) is 2.74. The Bertz CT molecular complexity index is 319. The van der Waals surface area contributed by atoms with E-state index < -0.39 is 6.10 Å². The van der Waals surface area contributed by atoms with Crippen LogP contribution in [0.2, 0.25) is 0 Å². The van der Waals surface area contributed by atoms with Crippen LogP contribution < -0.4 is 4.90 Å². The van der Waals surface area contributed by atoms with Gasteiger partial charge in [-0.15, -0.1) is 0 Å². The number of nitrogens with zero attached hydrogens (tertiary/aromatic N) is 1. The van der Waals surface area contributed by atoms with Crippen molar-refractivity contribution in [3.8, 4) is 0 Å². The third kappa shape index (κ3) is 2.30. The fourth-order valence-corrected chi connectivity index (χ4v) is 1.93. The molecule has 0 unspecified atom stereocenters. The fourth-order valence-electron chi connectivity index (χ4n) is 1.93. The van der Waals surface area contributed by atoms with Gasteiger partial charge in [-0.2, -0.15) is 0 Å². The van der Waals surface area contributed by atoms with Crippen molar-refractivity contribution in [2.45, 2.75) is 13.0 Å². The molecule has 1 fully saturated rings. The number of aliphatic hydroxyl groups is 1. The molecule has 0 amide bonds. The highest BCUT2D eigenvalue weighted by molar-refractivity contribution is 5.54. The second-order valence-corrected chi connectivity index (χ2v) is 3.83. The first kappa shape index (κ1) is 10.5. The van der Waals surface area contributed by atoms with Gasteiger partial charge in [0.25, 0.3) is 0 Å². The van der Waals surface area contributed by atoms with E-state index in [0.29, 0.717) is 0 Å². The van der Waals surface area contributed by atoms with Gasteiger partial charge in [-0.25, -0.2) is 0 Å². The number of benzene rings is 1. The minimum Gasteiger partial charge on any atom is -0.389 e. The summed E-state index contributed by atoms with van der Waals surface area (Å²) >= 11 is 0. The molecule has 15 heavy (non-hydrogen) atoms. The van der Waals surface area contributed by atoms with E-state index in [-0.39, 0.29) is 0 Å². The second-order valence-electron chi connectivity index (χ2n) is 3.83. The quantitative estimate of drug-likeness (QED) is 0.799. The summed E-state index contributed by atoms with van der Waals surface area (Å²) in [7, 11) is 0. The number of hydrogen-bond donors (Lipinski definition) is 1. The van der Waals surface area contributed by atoms with Crippen LogP contribution in [0.4, 0.5) is 5.69 Å². The van der Waals surface area contributed by atoms with Crippen LogP contribution in [0.1, 0.15) is 18.6 Å². The Labute approximate surface area is 90.3 Å². The van der Waals surface area contributed by atoms with E-state index in [0.717, 1.165) is 37.6 Å². The van der Waals surface area contributed by atoms with Crippen molar-refractivity contribution in [3.05, 3.63) is 29.8 Å². The maximum atomic E-state index is 9.68. The summed E-state index contributed by atoms with van der Waals surface area (Å²) in [5, 5.41) is 9.68. The maximum Gasteiger partial charge on any atom is 0.0781 e. The largest absolute Gasteiger partial charge is 0.389 e. The summed E-state index contributed by atoms with van der Waals surface area (Å²) in [5.74, 6) is 0. The van der Waals surface area contributed by atoms with Gasteiger partial charge < -0.3 is 14.7 Å². The van der Waals surface area contributed by atoms with Crippen LogP contribution in [0, 0.1) is 0 Å². The third-order valence-corrected chi connectivity index (χ3v) is 2.74. The number of para-hydroxylation sites is 1. The van der Waals surface area contributed by atoms with E-state index in [1.165, 1.54) is 0 Å². The predicted octanol–water partition coefficient (Wildman–Crippen LogP) is 1.58. The van der Waals surface area contributed by atoms with Gasteiger partial charge in [0.15, 0.2) is 0 Å². The minimum absolute atomic E-state index is 0.413. The van der Waals surface area contributed by atoms with Crippen molar-refractivity contribution in [3.63, 3.8) is 0 Å². The van der Waals surface area contributed by atoms with Gasteiger partial charge in [0.2, 0.25) is 0 Å². The number of anilines is 1. The van der Waals surface area contributed by atoms with Gasteiger partial charge >= 0.3 is 0 Å². The Kier molecular flexibility index (Phi) is 3.23. The molecule has 1 N–H and O–H groups in total. The Morgan fingerprint density at radius 1 is 1.27 bits per heavy atom. The smallest absolute Gasteiger partial charge is 0.0781 e. The normalized spacial score (nSPS) is 18.9. The lowest BCUT2D eigenvalue weighted by Gasteiger charge is -2.31. The first-order valence-corrected chi connectivity index (χ1v) is 5.38. The number of ether oxygens (including phenoxy) is 1. The number of hydrogen-bond acceptors (Lipinski definition) is 3. The standard InChI is InChI=1S/C12H17NO2/c1-10(14)11-4-2-3-5-12(11)13-6-8-15-9-7-13/h2-5,10,14H,6-9H2,1H3/t10-/m0/s1. The van der Waals surface area contributed by atoms with Crippen LogP contribution in [0.5, 0.6) is 0 Å². The van der Waals surface area contributed by atoms with Gasteiger partial charge in [-0.05, 0) is 13.0 Å². The molecule has 1 aromatic carbocycles. The first-order chi connectivity index (χ1) is 7.29. The molecule has 0 spiro atoms. The number of rotatable bonds is 2. The molecule has 1 aliphatic heterocycles. The van der Waals surface area contributed by atoms with Crippen molar-refractivity contribution < 1.29 is 9.84 Å². The molecule has 3 heteroatoms. The van der Waals surface area contributed by atoms with Crippen LogP contribution in [0.15, 0.2) is 24.3 Å². The van der Waals surface area contributed by atoms with Crippen molar-refractivity contribution in [2.75, 3.05) is 31.2 Å². The number of aliphatic hydroxyl groups excluding tert-OH is 1. The van der Waals surface area contributed by atoms with Crippen molar-refractivity contribution in [1.29, 1.82) is 0 Å². The van der Waals surface area contributed by atoms with Crippen LogP contribution in [-0.2, 0) is 4.74 Å². The van der Waals surface area contributed by atoms with Gasteiger partial charge in [0, 0.05) is 24.3 Å². The van der Waals surface area contributed by atoms with Crippen LogP contribution in [0.3, 0.4) is 0 Å². The van der Waals surface area contributed by atoms with E-state index >= 15 is 0 Å². The zero-order chi connectivity index (χ0) is 10.7. The highest BCUT2D eigenvalue weighted by Crippen LogP contribution is 2.26. The van der Waals surface area contributed by atoms with Crippen molar-refractivity contribution >= 4 is 5.69 Å². The van der Waals surface area contributed by atoms with E-state index in [1.807, 2.05) is 18.2 Å². The lowest BCUT2D eigenvalue weighted by atomic mass is 10.1. The molecule has 1 aliphatic rings. The Hall–Kier alpha value is -1.06. The SMILES string of the molecule is C[C@H](O)c1ccccc1N1CCOCC1. The zero-order valence-corrected chi connectivity index (χ0v) is 9.02. The van der Waals surface area contributed by atoms with E-state index in [1.54, 1.807) is 6.92 Å². The highest BCUT2D eigenvalue weighted by atomic mass is 16.5. The lowest BCUT2D eigenvalue weighted by Crippen LogP contribution is -2.36. The van der Waals surface area contributed by atoms with Crippen LogP contribution >= 0.6 is 0 Å². The van der Waals surface area contributed by atoms with Crippen LogP contribution in [0.25, 0.3) is 0 Å². The van der Waals surface area contributed by atoms with Gasteiger partial charge in [0.1, 0.15) is 0 Å². The molecule has 82 valence electrons. The van der Waals surface area contributed by atoms with Gasteiger partial charge in [0.05, 0.1) is 19.3 Å². The average molecular weight is 207 g/mol. The lowest BCUT2D eigenvalue weighted by molar-refractivity contribution is 0.122. The van der Waals surface area contributed by atoms with Crippen molar-refractivity contribution in [2.24, 2.45) is 0 Å². The molecule has 1 saturated heterocycles. The summed E-state index contributed by atoms with van der Waals surface area (Å²) in [4.78, 5) is 2.27. The zero-order valence-electron chi connectivity index (χ0n) is 9.02. The average Bonchev–Trinajstić information content (AvgIpc) is 2.30. The van der Waals surface area contributed by atoms with E-state index in [2.05, 4.69) is 11.0 Å². The maximum absolute atomic E-state index is 9.68. The molecule has 1 atom stereocenters. The van der Waals surface area contributed by atoms with Crippen molar-refractivity contribution in [1.82, 2.24) is 0 Å². The highest BCUT2D eigenvalue weighted by Gasteiger charge is 2.15. The molecule has 0 saturated carbocycles. The van der Waals surface area contributed by atoms with E-state index in [9.17, 15) is 5.11 Å². The van der Waals surface area contributed by atoms with E-state index in [4.69, 9.17) is 4.74 Å². The van der Waals surface area contributed by atoms with Crippen LogP contribution in [-0.4, -0.2) is 31.4 Å². The topological polar surface area (TPSA) is 32.7 Å². The van der Waals surface area contributed by atoms with Gasteiger partial charge in [-0.1, -0.05) is 18.2 Å². The molecule has 1 aromatic rings. The summed E-state index contributed by atoms with van der Waals surface area (Å²) in [6.45, 7) is 5.16. The van der Waals surface area contributed by atoms with Gasteiger partial charge in [-0.3, -0.25) is 0 Å². The fraction of sp³-hybridized carbons (Fsp3) is 0.500. The molecular formula is C12H17NO2. The summed E-state index contributed by atoms with van der Waals surface area (Å²) in [6, 6.07) is 8.02. The minimum atomic E-state index is -0.413. The second kappa shape index (κ2) is 4.64. The summed E-state index contributed by atoms with van der Waals surface area (Å²) < 4.78 is 5.32. The summed E-state index contributed by atoms with van der Waals surface area (Å²) in [5.41, 5.74) is 2.13. The molecule has 2 rings (SSSR count). The Balaban J connectivity index is 2.25. The monoisotopic (exact) mass is 207 g/mol. The molecule has 0 bridgehead atoms.